The molecule has 0 N–H and O–H groups in total. The highest BCUT2D eigenvalue weighted by atomic mass is 16.6. The van der Waals surface area contributed by atoms with Gasteiger partial charge in [-0.25, -0.2) is 24.4 Å². The Bertz CT molecular complexity index is 2630. The van der Waals surface area contributed by atoms with E-state index in [-0.39, 0.29) is 6.42 Å². The van der Waals surface area contributed by atoms with Crippen LogP contribution in [0.2, 0.25) is 0 Å². The molecule has 0 amide bonds. The zero-order chi connectivity index (χ0) is 48.0. The van der Waals surface area contributed by atoms with Gasteiger partial charge in [-0.2, -0.15) is 0 Å². The van der Waals surface area contributed by atoms with Crippen LogP contribution in [-0.4, -0.2) is 84.3 Å². The van der Waals surface area contributed by atoms with E-state index in [1.54, 1.807) is 6.33 Å². The van der Waals surface area contributed by atoms with Gasteiger partial charge >= 0.3 is 17.9 Å². The largest absolute Gasteiger partial charge is 0.467 e. The molecular formula is C56H54N4O8. The molecule has 0 fully saturated rings. The van der Waals surface area contributed by atoms with Crippen LogP contribution >= 0.6 is 0 Å². The molecule has 0 saturated carbocycles. The van der Waals surface area contributed by atoms with Crippen molar-refractivity contribution in [2.75, 3.05) is 35.5 Å². The van der Waals surface area contributed by atoms with Gasteiger partial charge < -0.3 is 32.8 Å². The number of aromatic nitrogens is 4. The fourth-order valence-electron chi connectivity index (χ4n) is 8.90. The van der Waals surface area contributed by atoms with Gasteiger partial charge in [-0.1, -0.05) is 182 Å². The van der Waals surface area contributed by atoms with Crippen molar-refractivity contribution >= 4 is 17.9 Å². The summed E-state index contributed by atoms with van der Waals surface area (Å²) in [5.41, 5.74) is 4.20. The van der Waals surface area contributed by atoms with Gasteiger partial charge in [0.15, 0.2) is 6.10 Å². The number of hydrogen-bond acceptors (Lipinski definition) is 10. The summed E-state index contributed by atoms with van der Waals surface area (Å²) in [4.78, 5) is 46.6. The highest BCUT2D eigenvalue weighted by Crippen LogP contribution is 2.42. The monoisotopic (exact) mass is 910 g/mol. The molecule has 1 unspecified atom stereocenters. The lowest BCUT2D eigenvalue weighted by Gasteiger charge is -2.37. The Balaban J connectivity index is 0.000000203. The molecule has 68 heavy (non-hydrogen) atoms. The summed E-state index contributed by atoms with van der Waals surface area (Å²) in [5, 5.41) is 0. The van der Waals surface area contributed by atoms with Crippen molar-refractivity contribution in [1.82, 2.24) is 19.1 Å². The van der Waals surface area contributed by atoms with Crippen LogP contribution in [-0.2, 0) is 62.0 Å². The lowest BCUT2D eigenvalue weighted by Crippen LogP contribution is -2.51. The summed E-state index contributed by atoms with van der Waals surface area (Å²) in [5.74, 6) is -2.12. The van der Waals surface area contributed by atoms with Gasteiger partial charge in [0.2, 0.25) is 0 Å². The van der Waals surface area contributed by atoms with E-state index in [1.165, 1.54) is 35.5 Å². The van der Waals surface area contributed by atoms with Crippen molar-refractivity contribution in [1.29, 1.82) is 0 Å². The third-order valence-corrected chi connectivity index (χ3v) is 12.1. The van der Waals surface area contributed by atoms with Crippen LogP contribution in [0.3, 0.4) is 0 Å². The molecular weight excluding hydrogens is 857 g/mol. The lowest BCUT2D eigenvalue weighted by molar-refractivity contribution is -0.184. The molecule has 8 rings (SSSR count). The van der Waals surface area contributed by atoms with E-state index in [0.717, 1.165) is 39.1 Å². The molecule has 0 aliphatic rings. The van der Waals surface area contributed by atoms with E-state index < -0.39 is 40.7 Å². The molecule has 0 radical (unpaired) electrons. The summed E-state index contributed by atoms with van der Waals surface area (Å²) < 4.78 is 29.5. The summed E-state index contributed by atoms with van der Waals surface area (Å²) in [6.07, 6.45) is 6.80. The number of carbonyl (C=O) groups excluding carboxylic acids is 3. The van der Waals surface area contributed by atoms with E-state index >= 15 is 0 Å². The topological polar surface area (TPSA) is 133 Å². The summed E-state index contributed by atoms with van der Waals surface area (Å²) in [7, 11) is 6.53. The quantitative estimate of drug-likeness (QED) is 0.0380. The van der Waals surface area contributed by atoms with Gasteiger partial charge in [0.05, 0.1) is 45.4 Å². The number of imidazole rings is 2. The first-order valence-corrected chi connectivity index (χ1v) is 21.9. The number of carbonyl (C=O) groups is 3. The molecule has 0 bridgehead atoms. The predicted molar refractivity (Wildman–Crippen MR) is 258 cm³/mol. The maximum atomic E-state index is 12.7. The summed E-state index contributed by atoms with van der Waals surface area (Å²) >= 11 is 0. The van der Waals surface area contributed by atoms with E-state index in [1.807, 2.05) is 132 Å². The van der Waals surface area contributed by atoms with Crippen LogP contribution in [0.4, 0.5) is 0 Å². The minimum absolute atomic E-state index is 0.162. The second-order valence-corrected chi connectivity index (χ2v) is 15.8. The van der Waals surface area contributed by atoms with Crippen LogP contribution in [0.25, 0.3) is 0 Å². The van der Waals surface area contributed by atoms with Crippen LogP contribution in [0, 0.1) is 0 Å². The van der Waals surface area contributed by atoms with Gasteiger partial charge in [-0.05, 0) is 33.4 Å². The van der Waals surface area contributed by atoms with E-state index in [0.29, 0.717) is 12.1 Å². The molecule has 0 spiro atoms. The first-order chi connectivity index (χ1) is 33.2. The van der Waals surface area contributed by atoms with Crippen LogP contribution in [0.1, 0.15) is 44.8 Å². The third kappa shape index (κ3) is 9.37. The fraction of sp³-hybridized carbons (Fsp3) is 0.196. The van der Waals surface area contributed by atoms with Gasteiger partial charge in [0.1, 0.15) is 11.1 Å². The van der Waals surface area contributed by atoms with Crippen LogP contribution in [0.5, 0.6) is 0 Å². The second-order valence-electron chi connectivity index (χ2n) is 15.8. The van der Waals surface area contributed by atoms with E-state index in [2.05, 4.69) is 87.3 Å². The normalized spacial score (nSPS) is 12.0. The summed E-state index contributed by atoms with van der Waals surface area (Å²) in [6, 6.07) is 61.5. The zero-order valence-electron chi connectivity index (χ0n) is 38.7. The summed E-state index contributed by atoms with van der Waals surface area (Å²) in [6.45, 7) is 0. The van der Waals surface area contributed by atoms with Gasteiger partial charge in [-0.3, -0.25) is 0 Å². The minimum atomic E-state index is -1.97. The third-order valence-electron chi connectivity index (χ3n) is 12.1. The molecule has 12 nitrogen and oxygen atoms in total. The number of esters is 3. The first-order valence-electron chi connectivity index (χ1n) is 21.9. The highest BCUT2D eigenvalue weighted by Gasteiger charge is 2.50. The van der Waals surface area contributed by atoms with Crippen molar-refractivity contribution in [2.45, 2.75) is 35.6 Å². The molecule has 8 aromatic rings. The van der Waals surface area contributed by atoms with Gasteiger partial charge in [-0.15, -0.1) is 0 Å². The molecule has 12 heteroatoms. The number of methoxy groups -OCH3 is 5. The molecule has 0 aliphatic carbocycles. The molecule has 0 saturated heterocycles. The second kappa shape index (κ2) is 22.0. The number of benzene rings is 6. The minimum Gasteiger partial charge on any atom is -0.467 e. The molecule has 2 aromatic heterocycles. The Labute approximate surface area is 396 Å². The Morgan fingerprint density at radius 1 is 0.456 bits per heavy atom. The van der Waals surface area contributed by atoms with Crippen molar-refractivity contribution in [3.8, 4) is 0 Å². The Morgan fingerprint density at radius 3 is 1.04 bits per heavy atom. The average Bonchev–Trinajstić information content (AvgIpc) is 4.09. The van der Waals surface area contributed by atoms with Crippen LogP contribution < -0.4 is 0 Å². The molecule has 1 atom stereocenters. The predicted octanol–water partition coefficient (Wildman–Crippen LogP) is 8.45. The first kappa shape index (κ1) is 48.0. The molecule has 0 aliphatic heterocycles. The number of ether oxygens (including phenoxy) is 5. The van der Waals surface area contributed by atoms with Crippen molar-refractivity contribution in [2.24, 2.45) is 0 Å². The van der Waals surface area contributed by atoms with Gasteiger partial charge in [0, 0.05) is 39.5 Å². The van der Waals surface area contributed by atoms with E-state index in [9.17, 15) is 14.4 Å². The standard InChI is InChI=1S/C29H28N2O5.C27H26N2O3/c1-34-26(32)28(36-3,27(33)35-2)19-25-20-31(21-30-25)29(22-13-7-4-8-14-22,23-15-9-5-10-16-23)24-17-11-6-12-18-24;1-31-25(26(30)32-2)18-24-19-29(20-28-24)27(21-12-6-3-7-13-21,22-14-8-4-9-15-22)23-16-10-5-11-17-23/h4-18,20-21H,19H2,1-3H3;3-17,19-20,25H,18H2,1-2H3. The Morgan fingerprint density at radius 2 is 0.765 bits per heavy atom. The smallest absolute Gasteiger partial charge is 0.350 e. The van der Waals surface area contributed by atoms with E-state index in [4.69, 9.17) is 23.7 Å². The molecule has 346 valence electrons. The Hall–Kier alpha value is -7.93. The highest BCUT2D eigenvalue weighted by molar-refractivity contribution is 6.03. The fourth-order valence-corrected chi connectivity index (χ4v) is 8.90. The van der Waals surface area contributed by atoms with Crippen molar-refractivity contribution in [3.05, 3.63) is 252 Å². The maximum absolute atomic E-state index is 12.7. The van der Waals surface area contributed by atoms with Crippen LogP contribution in [0.15, 0.2) is 207 Å². The molecule has 2 heterocycles. The van der Waals surface area contributed by atoms with Gasteiger partial charge in [0.25, 0.3) is 5.60 Å². The van der Waals surface area contributed by atoms with Crippen molar-refractivity contribution < 1.29 is 38.1 Å². The average molecular weight is 911 g/mol. The Kier molecular flexibility index (Phi) is 15.6. The lowest BCUT2D eigenvalue weighted by atomic mass is 9.76. The zero-order valence-corrected chi connectivity index (χ0v) is 38.7. The maximum Gasteiger partial charge on any atom is 0.350 e. The molecule has 6 aromatic carbocycles. The van der Waals surface area contributed by atoms with Crippen molar-refractivity contribution in [3.63, 3.8) is 0 Å². The number of hydrogen-bond donors (Lipinski definition) is 0. The number of rotatable bonds is 17. The number of nitrogens with zero attached hydrogens (tertiary/aromatic N) is 4. The SMILES string of the molecule is COC(=O)C(Cc1cn(C(c2ccccc2)(c2ccccc2)c2ccccc2)cn1)(OC)C(=O)OC.COC(=O)C(Cc1cn(C(c2ccccc2)(c2ccccc2)c2ccccc2)cn1)OC.